The molecule has 0 spiro atoms. The molecular formula is C26H27ClN2O2. The lowest BCUT2D eigenvalue weighted by Crippen LogP contribution is -2.09. The fraction of sp³-hybridized carbons (Fsp3) is 0.308. The van der Waals surface area contributed by atoms with Crippen molar-refractivity contribution in [3.63, 3.8) is 0 Å². The molecule has 0 radical (unpaired) electrons. The Hall–Kier alpha value is -2.85. The molecule has 0 N–H and O–H groups in total. The van der Waals surface area contributed by atoms with Crippen molar-refractivity contribution in [3.05, 3.63) is 65.4 Å². The van der Waals surface area contributed by atoms with Gasteiger partial charge in [-0.05, 0) is 44.7 Å². The molecule has 0 aliphatic carbocycles. The fourth-order valence-electron chi connectivity index (χ4n) is 4.67. The van der Waals surface area contributed by atoms with E-state index in [0.29, 0.717) is 12.3 Å². The summed E-state index contributed by atoms with van der Waals surface area (Å²) in [4.78, 5) is 17.5. The average molecular weight is 435 g/mol. The van der Waals surface area contributed by atoms with E-state index in [1.165, 1.54) is 34.9 Å². The first kappa shape index (κ1) is 21.4. The van der Waals surface area contributed by atoms with Gasteiger partial charge in [0.05, 0.1) is 23.3 Å². The van der Waals surface area contributed by atoms with Crippen molar-refractivity contribution < 1.29 is 9.53 Å². The van der Waals surface area contributed by atoms with E-state index in [1.807, 2.05) is 13.0 Å². The number of pyridine rings is 1. The van der Waals surface area contributed by atoms with Crippen LogP contribution in [0.25, 0.3) is 33.1 Å². The Morgan fingerprint density at radius 1 is 1.03 bits per heavy atom. The monoisotopic (exact) mass is 434 g/mol. The predicted octanol–water partition coefficient (Wildman–Crippen LogP) is 6.49. The van der Waals surface area contributed by atoms with Crippen LogP contribution in [0.2, 0.25) is 0 Å². The minimum absolute atomic E-state index is 0. The number of aryl methyl sites for hydroxylation is 3. The lowest BCUT2D eigenvalue weighted by atomic mass is 10.0. The largest absolute Gasteiger partial charge is 0.461 e. The number of hydrogen-bond acceptors (Lipinski definition) is 3. The zero-order valence-electron chi connectivity index (χ0n) is 18.0. The van der Waals surface area contributed by atoms with Crippen molar-refractivity contribution in [1.82, 2.24) is 9.55 Å². The van der Waals surface area contributed by atoms with Crippen LogP contribution in [-0.2, 0) is 17.7 Å². The molecular weight excluding hydrogens is 408 g/mol. The minimum Gasteiger partial charge on any atom is -0.461 e. The number of rotatable bonds is 3. The van der Waals surface area contributed by atoms with Crippen LogP contribution in [0.3, 0.4) is 0 Å². The van der Waals surface area contributed by atoms with E-state index in [2.05, 4.69) is 54.0 Å². The van der Waals surface area contributed by atoms with E-state index in [9.17, 15) is 4.79 Å². The average Bonchev–Trinajstić information content (AvgIpc) is 3.06. The lowest BCUT2D eigenvalue weighted by molar-refractivity contribution is 0.0520. The SMILES string of the molecule is CCOC(=O)c1cc2c3cccc4c3n(c2c(-c2ccc(C)cc2)n1)CCCCC4.Cl. The summed E-state index contributed by atoms with van der Waals surface area (Å²) in [6.45, 7) is 5.21. The van der Waals surface area contributed by atoms with E-state index in [0.717, 1.165) is 41.5 Å². The van der Waals surface area contributed by atoms with Crippen molar-refractivity contribution in [3.8, 4) is 11.3 Å². The molecule has 2 aromatic carbocycles. The molecule has 1 aliphatic rings. The highest BCUT2D eigenvalue weighted by Crippen LogP contribution is 2.38. The van der Waals surface area contributed by atoms with Crippen molar-refractivity contribution >= 4 is 40.2 Å². The number of esters is 1. The van der Waals surface area contributed by atoms with Gasteiger partial charge in [-0.25, -0.2) is 9.78 Å². The summed E-state index contributed by atoms with van der Waals surface area (Å²) in [5.74, 6) is -0.367. The molecule has 0 saturated carbocycles. The second-order valence-corrected chi connectivity index (χ2v) is 8.11. The van der Waals surface area contributed by atoms with E-state index < -0.39 is 0 Å². The predicted molar refractivity (Wildman–Crippen MR) is 128 cm³/mol. The highest BCUT2D eigenvalue weighted by atomic mass is 35.5. The number of para-hydroxylation sites is 1. The molecule has 1 aliphatic heterocycles. The van der Waals surface area contributed by atoms with Crippen LogP contribution in [0, 0.1) is 6.92 Å². The molecule has 0 amide bonds. The van der Waals surface area contributed by atoms with Crippen molar-refractivity contribution in [1.29, 1.82) is 0 Å². The molecule has 0 unspecified atom stereocenters. The van der Waals surface area contributed by atoms with Crippen molar-refractivity contribution in [2.24, 2.45) is 0 Å². The van der Waals surface area contributed by atoms with Gasteiger partial charge in [-0.1, -0.05) is 54.4 Å². The van der Waals surface area contributed by atoms with Crippen LogP contribution in [0.15, 0.2) is 48.5 Å². The van der Waals surface area contributed by atoms with Crippen LogP contribution in [-0.4, -0.2) is 22.1 Å². The Bertz CT molecular complexity index is 1260. The van der Waals surface area contributed by atoms with Gasteiger partial charge in [-0.15, -0.1) is 12.4 Å². The maximum Gasteiger partial charge on any atom is 0.356 e. The van der Waals surface area contributed by atoms with Crippen LogP contribution in [0.4, 0.5) is 0 Å². The normalized spacial score (nSPS) is 13.5. The lowest BCUT2D eigenvalue weighted by Gasteiger charge is -2.16. The standard InChI is InChI=1S/C26H26N2O2.ClH/c1-3-30-26(29)22-16-21-20-10-7-9-19-8-5-4-6-15-28(24(19)20)25(21)23(27-22)18-13-11-17(2)12-14-18;/h7,9-14,16H,3-6,8,15H2,1-2H3;1H. The van der Waals surface area contributed by atoms with Gasteiger partial charge >= 0.3 is 5.97 Å². The van der Waals surface area contributed by atoms with Crippen LogP contribution < -0.4 is 0 Å². The third-order valence-corrected chi connectivity index (χ3v) is 6.08. The van der Waals surface area contributed by atoms with E-state index in [4.69, 9.17) is 9.72 Å². The summed E-state index contributed by atoms with van der Waals surface area (Å²) in [7, 11) is 0. The van der Waals surface area contributed by atoms with Crippen molar-refractivity contribution in [2.45, 2.75) is 46.1 Å². The van der Waals surface area contributed by atoms with Gasteiger partial charge < -0.3 is 9.30 Å². The molecule has 0 fully saturated rings. The Morgan fingerprint density at radius 3 is 2.61 bits per heavy atom. The third-order valence-electron chi connectivity index (χ3n) is 6.08. The van der Waals surface area contributed by atoms with Crippen molar-refractivity contribution in [2.75, 3.05) is 6.61 Å². The minimum atomic E-state index is -0.367. The summed E-state index contributed by atoms with van der Waals surface area (Å²) in [6, 6.07) is 16.9. The van der Waals surface area contributed by atoms with Gasteiger partial charge in [0.1, 0.15) is 5.69 Å². The maximum absolute atomic E-state index is 12.6. The first-order valence-electron chi connectivity index (χ1n) is 10.9. The van der Waals surface area contributed by atoms with Crippen LogP contribution in [0.5, 0.6) is 0 Å². The molecule has 3 heterocycles. The van der Waals surface area contributed by atoms with Gasteiger partial charge in [0.15, 0.2) is 0 Å². The molecule has 5 heteroatoms. The quantitative estimate of drug-likeness (QED) is 0.346. The third kappa shape index (κ3) is 3.70. The number of fused-ring (bicyclic) bond motifs is 3. The molecule has 0 atom stereocenters. The van der Waals surface area contributed by atoms with Gasteiger partial charge in [-0.2, -0.15) is 0 Å². The fourth-order valence-corrected chi connectivity index (χ4v) is 4.67. The first-order chi connectivity index (χ1) is 14.7. The summed E-state index contributed by atoms with van der Waals surface area (Å²) in [6.07, 6.45) is 4.69. The Morgan fingerprint density at radius 2 is 1.84 bits per heavy atom. The number of aromatic nitrogens is 2. The molecule has 5 rings (SSSR count). The molecule has 4 aromatic rings. The number of hydrogen-bond donors (Lipinski definition) is 0. The van der Waals surface area contributed by atoms with E-state index in [-0.39, 0.29) is 18.4 Å². The number of carbonyl (C=O) groups excluding carboxylic acids is 1. The maximum atomic E-state index is 12.6. The van der Waals surface area contributed by atoms with Crippen LogP contribution in [0.1, 0.15) is 47.8 Å². The van der Waals surface area contributed by atoms with Gasteiger partial charge in [0.25, 0.3) is 0 Å². The molecule has 4 nitrogen and oxygen atoms in total. The Kier molecular flexibility index (Phi) is 6.01. The second-order valence-electron chi connectivity index (χ2n) is 8.11. The number of carbonyl (C=O) groups is 1. The number of ether oxygens (including phenoxy) is 1. The van der Waals surface area contributed by atoms with Gasteiger partial charge in [-0.3, -0.25) is 0 Å². The second kappa shape index (κ2) is 8.72. The first-order valence-corrected chi connectivity index (χ1v) is 10.9. The topological polar surface area (TPSA) is 44.1 Å². The van der Waals surface area contributed by atoms with E-state index in [1.54, 1.807) is 0 Å². The summed E-state index contributed by atoms with van der Waals surface area (Å²) in [5.41, 5.74) is 7.27. The summed E-state index contributed by atoms with van der Waals surface area (Å²) in [5, 5.41) is 2.29. The summed E-state index contributed by atoms with van der Waals surface area (Å²) < 4.78 is 7.74. The zero-order chi connectivity index (χ0) is 20.7. The van der Waals surface area contributed by atoms with Gasteiger partial charge in [0.2, 0.25) is 0 Å². The highest BCUT2D eigenvalue weighted by Gasteiger charge is 2.22. The Labute approximate surface area is 188 Å². The molecule has 2 aromatic heterocycles. The molecule has 0 bridgehead atoms. The Balaban J connectivity index is 0.00000231. The highest BCUT2D eigenvalue weighted by molar-refractivity contribution is 6.14. The molecule has 160 valence electrons. The van der Waals surface area contributed by atoms with Crippen LogP contribution >= 0.6 is 12.4 Å². The summed E-state index contributed by atoms with van der Waals surface area (Å²) >= 11 is 0. The van der Waals surface area contributed by atoms with Gasteiger partial charge in [0, 0.05) is 22.9 Å². The number of nitrogens with zero attached hydrogens (tertiary/aromatic N) is 2. The smallest absolute Gasteiger partial charge is 0.356 e. The van der Waals surface area contributed by atoms with E-state index >= 15 is 0 Å². The molecule has 31 heavy (non-hydrogen) atoms. The zero-order valence-corrected chi connectivity index (χ0v) is 18.8. The molecule has 0 saturated heterocycles. The number of benzene rings is 2. The number of halogens is 1.